The molecule has 0 aromatic heterocycles. The van der Waals surface area contributed by atoms with Gasteiger partial charge in [-0.15, -0.1) is 0 Å². The molecule has 244 valence electrons. The third kappa shape index (κ3) is 4.41. The van der Waals surface area contributed by atoms with E-state index in [4.69, 9.17) is 11.6 Å². The molecule has 0 bridgehead atoms. The van der Waals surface area contributed by atoms with Crippen LogP contribution in [0.25, 0.3) is 6.08 Å². The van der Waals surface area contributed by atoms with Crippen molar-refractivity contribution in [3.63, 3.8) is 0 Å². The smallest absolute Gasteiger partial charge is 0.246 e. The Morgan fingerprint density at radius 2 is 1.57 bits per heavy atom. The number of benzene rings is 4. The zero-order valence-electron chi connectivity index (χ0n) is 26.8. The van der Waals surface area contributed by atoms with Gasteiger partial charge < -0.3 is 5.11 Å². The molecule has 2 aliphatic heterocycles. The standard InChI is InChI=1S/C41H33ClN2O5/c1-3-24-12-15-28(16-13-24)43-37(46)31-18-17-30-32(35(31)39(43)48)22-33-38(47)44(29-11-7-10-27(42)21-29)40(49)41(33,26-8-5-4-6-9-26)36(30)25-14-19-34(45)23(2)20-25/h3-17,19-21,31-33,35-36,45H,1,18,22H2,2H3/t31-,32+,33-,35-,36-,41+/m0/s1. The number of phenolic OH excluding ortho intramolecular Hbond substituents is 1. The minimum absolute atomic E-state index is 0.114. The molecule has 4 aromatic carbocycles. The number of anilines is 2. The van der Waals surface area contributed by atoms with Gasteiger partial charge in [0, 0.05) is 10.9 Å². The number of rotatable bonds is 5. The Morgan fingerprint density at radius 3 is 2.27 bits per heavy atom. The zero-order valence-corrected chi connectivity index (χ0v) is 27.5. The van der Waals surface area contributed by atoms with Gasteiger partial charge in [-0.05, 0) is 84.3 Å². The van der Waals surface area contributed by atoms with Crippen LogP contribution in [0.1, 0.15) is 41.0 Å². The molecule has 2 saturated heterocycles. The number of halogens is 1. The minimum Gasteiger partial charge on any atom is -0.508 e. The summed E-state index contributed by atoms with van der Waals surface area (Å²) in [5.41, 5.74) is 3.31. The maximum atomic E-state index is 15.3. The van der Waals surface area contributed by atoms with E-state index in [1.165, 1.54) is 9.80 Å². The summed E-state index contributed by atoms with van der Waals surface area (Å²) in [7, 11) is 0. The molecule has 49 heavy (non-hydrogen) atoms. The van der Waals surface area contributed by atoms with Gasteiger partial charge in [-0.2, -0.15) is 0 Å². The highest BCUT2D eigenvalue weighted by Crippen LogP contribution is 2.64. The lowest BCUT2D eigenvalue weighted by Crippen LogP contribution is -2.53. The van der Waals surface area contributed by atoms with Gasteiger partial charge in [0.15, 0.2) is 0 Å². The predicted molar refractivity (Wildman–Crippen MR) is 188 cm³/mol. The van der Waals surface area contributed by atoms with Gasteiger partial charge in [-0.25, -0.2) is 4.90 Å². The van der Waals surface area contributed by atoms with Crippen molar-refractivity contribution >= 4 is 52.7 Å². The quantitative estimate of drug-likeness (QED) is 0.177. The molecule has 8 rings (SSSR count). The molecular weight excluding hydrogens is 636 g/mol. The van der Waals surface area contributed by atoms with E-state index >= 15 is 4.79 Å². The number of carbonyl (C=O) groups excluding carboxylic acids is 4. The van der Waals surface area contributed by atoms with Gasteiger partial charge in [0.1, 0.15) is 5.75 Å². The van der Waals surface area contributed by atoms with Gasteiger partial charge in [-0.3, -0.25) is 24.1 Å². The van der Waals surface area contributed by atoms with E-state index < -0.39 is 35.0 Å². The summed E-state index contributed by atoms with van der Waals surface area (Å²) in [6, 6.07) is 28.5. The highest BCUT2D eigenvalue weighted by molar-refractivity contribution is 6.32. The molecule has 2 aliphatic carbocycles. The zero-order chi connectivity index (χ0) is 34.2. The van der Waals surface area contributed by atoms with Crippen molar-refractivity contribution in [3.8, 4) is 5.75 Å². The summed E-state index contributed by atoms with van der Waals surface area (Å²) in [5.74, 6) is -4.48. The molecule has 0 radical (unpaired) electrons. The Morgan fingerprint density at radius 1 is 0.816 bits per heavy atom. The molecule has 7 nitrogen and oxygen atoms in total. The number of hydrogen-bond acceptors (Lipinski definition) is 5. The fourth-order valence-electron chi connectivity index (χ4n) is 8.99. The summed E-state index contributed by atoms with van der Waals surface area (Å²) in [6.45, 7) is 5.60. The monoisotopic (exact) mass is 668 g/mol. The van der Waals surface area contributed by atoms with E-state index in [-0.39, 0.29) is 35.8 Å². The second kappa shape index (κ2) is 11.4. The Balaban J connectivity index is 1.34. The SMILES string of the molecule is C=Cc1ccc(N2C(=O)[C@H]3[C@H](CC=C4[C@H]3C[C@H]3C(=O)N(c5cccc(Cl)c5)C(=O)[C@@]3(c3ccccc3)[C@H]4c3ccc(O)c(C)c3)C2=O)cc1. The molecule has 1 N–H and O–H groups in total. The van der Waals surface area contributed by atoms with E-state index in [0.29, 0.717) is 33.9 Å². The fourth-order valence-corrected chi connectivity index (χ4v) is 9.18. The Kier molecular flexibility index (Phi) is 7.23. The number of nitrogens with zero attached hydrogens (tertiary/aromatic N) is 2. The van der Waals surface area contributed by atoms with E-state index in [2.05, 4.69) is 6.58 Å². The highest BCUT2D eigenvalue weighted by atomic mass is 35.5. The van der Waals surface area contributed by atoms with E-state index in [0.717, 1.165) is 16.7 Å². The van der Waals surface area contributed by atoms with Crippen molar-refractivity contribution in [3.05, 3.63) is 143 Å². The van der Waals surface area contributed by atoms with Gasteiger partial charge in [0.25, 0.3) is 0 Å². The van der Waals surface area contributed by atoms with Gasteiger partial charge in [-0.1, -0.05) is 96.6 Å². The number of amides is 4. The average Bonchev–Trinajstić information content (AvgIpc) is 3.50. The molecule has 2 heterocycles. The molecule has 6 atom stereocenters. The molecule has 4 aliphatic rings. The fraction of sp³-hybridized carbons (Fsp3) is 0.220. The maximum absolute atomic E-state index is 15.3. The first kappa shape index (κ1) is 31.0. The molecular formula is C41H33ClN2O5. The molecule has 1 saturated carbocycles. The van der Waals surface area contributed by atoms with Crippen LogP contribution in [0.3, 0.4) is 0 Å². The van der Waals surface area contributed by atoms with E-state index in [9.17, 15) is 19.5 Å². The number of allylic oxidation sites excluding steroid dienone is 2. The number of imide groups is 2. The summed E-state index contributed by atoms with van der Waals surface area (Å²) in [4.78, 5) is 61.1. The minimum atomic E-state index is -1.37. The third-order valence-electron chi connectivity index (χ3n) is 11.1. The second-order valence-corrected chi connectivity index (χ2v) is 13.9. The average molecular weight is 669 g/mol. The third-order valence-corrected chi connectivity index (χ3v) is 11.3. The molecule has 3 fully saturated rings. The summed E-state index contributed by atoms with van der Waals surface area (Å²) >= 11 is 6.39. The normalized spacial score (nSPS) is 27.5. The van der Waals surface area contributed by atoms with Gasteiger partial charge >= 0.3 is 0 Å². The van der Waals surface area contributed by atoms with Crippen molar-refractivity contribution in [1.82, 2.24) is 0 Å². The first-order valence-electron chi connectivity index (χ1n) is 16.5. The van der Waals surface area contributed by atoms with Crippen LogP contribution in [0.2, 0.25) is 5.02 Å². The lowest BCUT2D eigenvalue weighted by Gasteiger charge is -2.50. The number of fused-ring (bicyclic) bond motifs is 4. The van der Waals surface area contributed by atoms with Crippen LogP contribution in [0.4, 0.5) is 11.4 Å². The van der Waals surface area contributed by atoms with Gasteiger partial charge in [0.2, 0.25) is 23.6 Å². The van der Waals surface area contributed by atoms with Gasteiger partial charge in [0.05, 0.1) is 34.5 Å². The largest absolute Gasteiger partial charge is 0.508 e. The number of hydrogen-bond donors (Lipinski definition) is 1. The molecule has 4 aromatic rings. The topological polar surface area (TPSA) is 95.0 Å². The lowest BCUT2D eigenvalue weighted by molar-refractivity contribution is -0.127. The predicted octanol–water partition coefficient (Wildman–Crippen LogP) is 7.36. The summed E-state index contributed by atoms with van der Waals surface area (Å²) in [6.07, 6.45) is 4.27. The number of aryl methyl sites for hydroxylation is 1. The first-order chi connectivity index (χ1) is 23.7. The van der Waals surface area contributed by atoms with Crippen molar-refractivity contribution in [2.45, 2.75) is 31.1 Å². The van der Waals surface area contributed by atoms with E-state index in [1.807, 2.05) is 54.6 Å². The lowest BCUT2D eigenvalue weighted by atomic mass is 9.49. The van der Waals surface area contributed by atoms with Crippen molar-refractivity contribution in [2.24, 2.45) is 23.7 Å². The number of aromatic hydroxyl groups is 1. The molecule has 0 unspecified atom stereocenters. The molecule has 4 amide bonds. The van der Waals surface area contributed by atoms with Crippen LogP contribution < -0.4 is 9.80 Å². The number of carbonyl (C=O) groups is 4. The molecule has 8 heteroatoms. The Labute approximate surface area is 289 Å². The highest BCUT2D eigenvalue weighted by Gasteiger charge is 2.70. The number of phenols is 1. The van der Waals surface area contributed by atoms with Crippen molar-refractivity contribution in [2.75, 3.05) is 9.80 Å². The Bertz CT molecular complexity index is 2110. The summed E-state index contributed by atoms with van der Waals surface area (Å²) < 4.78 is 0. The van der Waals surface area contributed by atoms with E-state index in [1.54, 1.807) is 61.5 Å². The van der Waals surface area contributed by atoms with Crippen LogP contribution in [0.15, 0.2) is 115 Å². The van der Waals surface area contributed by atoms with Crippen LogP contribution in [0, 0.1) is 30.6 Å². The molecule has 0 spiro atoms. The van der Waals surface area contributed by atoms with Crippen LogP contribution >= 0.6 is 11.6 Å². The summed E-state index contributed by atoms with van der Waals surface area (Å²) in [5, 5.41) is 11.0. The van der Waals surface area contributed by atoms with Crippen molar-refractivity contribution < 1.29 is 24.3 Å². The van der Waals surface area contributed by atoms with Crippen LogP contribution in [0.5, 0.6) is 5.75 Å². The van der Waals surface area contributed by atoms with Crippen molar-refractivity contribution in [1.29, 1.82) is 0 Å². The maximum Gasteiger partial charge on any atom is 0.246 e. The second-order valence-electron chi connectivity index (χ2n) is 13.4. The Hall–Kier alpha value is -5.27. The van der Waals surface area contributed by atoms with Crippen LogP contribution in [-0.4, -0.2) is 28.7 Å². The van der Waals surface area contributed by atoms with Crippen LogP contribution in [-0.2, 0) is 24.6 Å². The first-order valence-corrected chi connectivity index (χ1v) is 16.8.